The van der Waals surface area contributed by atoms with E-state index < -0.39 is 0 Å². The largest absolute Gasteiger partial charge is 0.312 e. The van der Waals surface area contributed by atoms with Crippen molar-refractivity contribution in [3.63, 3.8) is 0 Å². The van der Waals surface area contributed by atoms with Gasteiger partial charge in [-0.2, -0.15) is 5.10 Å². The predicted octanol–water partition coefficient (Wildman–Crippen LogP) is 1.65. The van der Waals surface area contributed by atoms with E-state index in [1.54, 1.807) is 0 Å². The number of nitrogens with zero attached hydrogens (tertiary/aromatic N) is 3. The molecule has 3 atom stereocenters. The summed E-state index contributed by atoms with van der Waals surface area (Å²) < 4.78 is 2.02. The lowest BCUT2D eigenvalue weighted by molar-refractivity contribution is 0.250. The molecule has 1 N–H and O–H groups in total. The highest BCUT2D eigenvalue weighted by Crippen LogP contribution is 2.31. The second kappa shape index (κ2) is 5.02. The summed E-state index contributed by atoms with van der Waals surface area (Å²) in [5.74, 6) is 0.863. The van der Waals surface area contributed by atoms with Crippen molar-refractivity contribution in [3.05, 3.63) is 18.0 Å². The Morgan fingerprint density at radius 2 is 2.39 bits per heavy atom. The first kappa shape index (κ1) is 12.2. The summed E-state index contributed by atoms with van der Waals surface area (Å²) in [7, 11) is 0. The third-order valence-corrected chi connectivity index (χ3v) is 4.63. The second-order valence-corrected chi connectivity index (χ2v) is 5.72. The van der Waals surface area contributed by atoms with E-state index in [4.69, 9.17) is 0 Å². The Kier molecular flexibility index (Phi) is 3.39. The van der Waals surface area contributed by atoms with Crippen LogP contribution in [0.1, 0.15) is 38.3 Å². The van der Waals surface area contributed by atoms with Crippen LogP contribution in [0.4, 0.5) is 0 Å². The van der Waals surface area contributed by atoms with Gasteiger partial charge in [-0.3, -0.25) is 9.58 Å². The molecule has 2 saturated heterocycles. The Labute approximate surface area is 109 Å². The highest BCUT2D eigenvalue weighted by Gasteiger charge is 2.36. The summed E-state index contributed by atoms with van der Waals surface area (Å²) in [6.07, 6.45) is 6.97. The van der Waals surface area contributed by atoms with Gasteiger partial charge in [0.25, 0.3) is 0 Å². The summed E-state index contributed by atoms with van der Waals surface area (Å²) in [4.78, 5) is 2.62. The summed E-state index contributed by atoms with van der Waals surface area (Å²) in [5, 5.41) is 8.06. The molecule has 0 spiro atoms. The Hall–Kier alpha value is -0.870. The van der Waals surface area contributed by atoms with Crippen molar-refractivity contribution in [2.75, 3.05) is 19.6 Å². The lowest BCUT2D eigenvalue weighted by atomic mass is 9.94. The minimum atomic E-state index is 0.498. The fraction of sp³-hybridized carbons (Fsp3) is 0.786. The zero-order chi connectivity index (χ0) is 12.5. The molecule has 1 aromatic heterocycles. The molecule has 1 aromatic rings. The van der Waals surface area contributed by atoms with Crippen molar-refractivity contribution < 1.29 is 0 Å². The molecule has 2 aliphatic rings. The maximum Gasteiger partial charge on any atom is 0.0537 e. The van der Waals surface area contributed by atoms with Gasteiger partial charge in [-0.15, -0.1) is 0 Å². The Bertz CT molecular complexity index is 386. The zero-order valence-electron chi connectivity index (χ0n) is 11.5. The van der Waals surface area contributed by atoms with Gasteiger partial charge < -0.3 is 5.32 Å². The monoisotopic (exact) mass is 248 g/mol. The van der Waals surface area contributed by atoms with Gasteiger partial charge >= 0.3 is 0 Å². The maximum atomic E-state index is 4.39. The van der Waals surface area contributed by atoms with Gasteiger partial charge in [0.05, 0.1) is 6.20 Å². The van der Waals surface area contributed by atoms with Gasteiger partial charge in [0.15, 0.2) is 0 Å². The van der Waals surface area contributed by atoms with Crippen LogP contribution in [-0.2, 0) is 6.54 Å². The predicted molar refractivity (Wildman–Crippen MR) is 72.4 cm³/mol. The van der Waals surface area contributed by atoms with E-state index in [2.05, 4.69) is 35.4 Å². The lowest BCUT2D eigenvalue weighted by Gasteiger charge is -2.25. The molecule has 3 heterocycles. The molecule has 100 valence electrons. The topological polar surface area (TPSA) is 33.1 Å². The van der Waals surface area contributed by atoms with Gasteiger partial charge in [-0.1, -0.05) is 0 Å². The maximum absolute atomic E-state index is 4.39. The van der Waals surface area contributed by atoms with Gasteiger partial charge in [0, 0.05) is 43.5 Å². The number of fused-ring (bicyclic) bond motifs is 1. The Morgan fingerprint density at radius 3 is 3.11 bits per heavy atom. The molecular formula is C14H24N4. The van der Waals surface area contributed by atoms with Crippen LogP contribution in [0.25, 0.3) is 0 Å². The molecule has 0 aromatic carbocycles. The van der Waals surface area contributed by atoms with Crippen LogP contribution < -0.4 is 5.32 Å². The molecule has 18 heavy (non-hydrogen) atoms. The van der Waals surface area contributed by atoms with Crippen LogP contribution in [0.5, 0.6) is 0 Å². The smallest absolute Gasteiger partial charge is 0.0537 e. The first-order valence-corrected chi connectivity index (χ1v) is 7.27. The quantitative estimate of drug-likeness (QED) is 0.883. The van der Waals surface area contributed by atoms with Crippen molar-refractivity contribution in [1.29, 1.82) is 0 Å². The fourth-order valence-electron chi connectivity index (χ4n) is 3.38. The fourth-order valence-corrected chi connectivity index (χ4v) is 3.38. The zero-order valence-corrected chi connectivity index (χ0v) is 11.5. The normalized spacial score (nSPS) is 30.3. The number of piperidine rings is 1. The van der Waals surface area contributed by atoms with Crippen molar-refractivity contribution in [2.24, 2.45) is 5.92 Å². The van der Waals surface area contributed by atoms with Crippen LogP contribution in [0.15, 0.2) is 12.4 Å². The number of likely N-dealkylation sites (tertiary alicyclic amines) is 1. The lowest BCUT2D eigenvalue weighted by Crippen LogP contribution is -2.40. The number of hydrogen-bond donors (Lipinski definition) is 1. The molecule has 3 rings (SSSR count). The van der Waals surface area contributed by atoms with E-state index in [1.165, 1.54) is 38.0 Å². The minimum absolute atomic E-state index is 0.498. The number of rotatable bonds is 3. The van der Waals surface area contributed by atoms with Crippen molar-refractivity contribution in [2.45, 2.75) is 45.3 Å². The minimum Gasteiger partial charge on any atom is -0.312 e. The molecular weight excluding hydrogens is 224 g/mol. The summed E-state index contributed by atoms with van der Waals surface area (Å²) in [6.45, 7) is 9.06. The van der Waals surface area contributed by atoms with Crippen LogP contribution in [0, 0.1) is 5.92 Å². The van der Waals surface area contributed by atoms with E-state index in [-0.39, 0.29) is 0 Å². The number of hydrogen-bond acceptors (Lipinski definition) is 3. The van der Waals surface area contributed by atoms with Gasteiger partial charge in [0.1, 0.15) is 0 Å². The molecule has 0 radical (unpaired) electrons. The third kappa shape index (κ3) is 2.19. The van der Waals surface area contributed by atoms with Crippen molar-refractivity contribution in [1.82, 2.24) is 20.0 Å². The molecule has 0 amide bonds. The molecule has 2 fully saturated rings. The number of aromatic nitrogens is 2. The van der Waals surface area contributed by atoms with E-state index >= 15 is 0 Å². The van der Waals surface area contributed by atoms with Gasteiger partial charge in [-0.25, -0.2) is 0 Å². The highest BCUT2D eigenvalue weighted by molar-refractivity contribution is 5.11. The first-order chi connectivity index (χ1) is 8.78. The van der Waals surface area contributed by atoms with Crippen LogP contribution in [0.3, 0.4) is 0 Å². The first-order valence-electron chi connectivity index (χ1n) is 7.27. The van der Waals surface area contributed by atoms with E-state index in [9.17, 15) is 0 Å². The Balaban J connectivity index is 1.67. The van der Waals surface area contributed by atoms with Gasteiger partial charge in [-0.05, 0) is 39.2 Å². The average Bonchev–Trinajstić information content (AvgIpc) is 3.04. The summed E-state index contributed by atoms with van der Waals surface area (Å²) in [6, 6.07) is 1.22. The molecule has 2 aliphatic heterocycles. The van der Waals surface area contributed by atoms with E-state index in [1.807, 2.05) is 10.9 Å². The molecule has 0 bridgehead atoms. The average molecular weight is 248 g/mol. The van der Waals surface area contributed by atoms with Crippen LogP contribution in [0.2, 0.25) is 0 Å². The van der Waals surface area contributed by atoms with Gasteiger partial charge in [0.2, 0.25) is 0 Å². The highest BCUT2D eigenvalue weighted by atomic mass is 15.3. The molecule has 0 aliphatic carbocycles. The molecule has 4 nitrogen and oxygen atoms in total. The summed E-state index contributed by atoms with van der Waals surface area (Å²) >= 11 is 0. The van der Waals surface area contributed by atoms with Crippen LogP contribution >= 0.6 is 0 Å². The molecule has 0 saturated carbocycles. The SMILES string of the molecule is CCn1cc(C(C)N2C[C@@H]3CCCN[C@@H]3C2)cn1. The van der Waals surface area contributed by atoms with E-state index in [0.29, 0.717) is 6.04 Å². The van der Waals surface area contributed by atoms with Crippen LogP contribution in [-0.4, -0.2) is 40.4 Å². The van der Waals surface area contributed by atoms with Crippen molar-refractivity contribution in [3.8, 4) is 0 Å². The number of nitrogens with one attached hydrogen (secondary N) is 1. The molecule has 4 heteroatoms. The third-order valence-electron chi connectivity index (χ3n) is 4.63. The van der Waals surface area contributed by atoms with E-state index in [0.717, 1.165) is 18.5 Å². The summed E-state index contributed by atoms with van der Waals surface area (Å²) in [5.41, 5.74) is 1.36. The standard InChI is InChI=1S/C14H24N4/c1-3-18-9-13(7-16-18)11(2)17-8-12-5-4-6-15-14(12)10-17/h7,9,11-12,14-15H,3-6,8,10H2,1-2H3/t11?,12-,14+/m0/s1. The number of aryl methyl sites for hydroxylation is 1. The molecule has 1 unspecified atom stereocenters. The van der Waals surface area contributed by atoms with Crippen molar-refractivity contribution >= 4 is 0 Å². The second-order valence-electron chi connectivity index (χ2n) is 5.72. The Morgan fingerprint density at radius 1 is 1.50 bits per heavy atom.